The van der Waals surface area contributed by atoms with E-state index in [2.05, 4.69) is 10.5 Å². The number of amides is 2. The van der Waals surface area contributed by atoms with Gasteiger partial charge < -0.3 is 19.5 Å². The number of nitrogens with zero attached hydrogens (tertiary/aromatic N) is 2. The van der Waals surface area contributed by atoms with Crippen LogP contribution in [0, 0.1) is 5.92 Å². The Bertz CT molecular complexity index is 803. The zero-order valence-electron chi connectivity index (χ0n) is 16.6. The zero-order chi connectivity index (χ0) is 20.1. The molecular weight excluding hydrogens is 358 g/mol. The van der Waals surface area contributed by atoms with Crippen LogP contribution in [-0.2, 0) is 4.74 Å². The fourth-order valence-corrected chi connectivity index (χ4v) is 3.16. The van der Waals surface area contributed by atoms with Crippen molar-refractivity contribution < 1.29 is 18.8 Å². The normalized spacial score (nSPS) is 15.3. The van der Waals surface area contributed by atoms with E-state index in [1.807, 2.05) is 51.1 Å². The van der Waals surface area contributed by atoms with Gasteiger partial charge in [0.2, 0.25) is 0 Å². The largest absolute Gasteiger partial charge is 0.444 e. The molecule has 1 aromatic carbocycles. The first-order valence-electron chi connectivity index (χ1n) is 9.60. The van der Waals surface area contributed by atoms with Crippen LogP contribution in [0.3, 0.4) is 0 Å². The van der Waals surface area contributed by atoms with Crippen LogP contribution in [0.5, 0.6) is 0 Å². The second-order valence-corrected chi connectivity index (χ2v) is 8.06. The number of carbonyl (C=O) groups excluding carboxylic acids is 2. The molecule has 0 saturated carbocycles. The van der Waals surface area contributed by atoms with E-state index in [0.717, 1.165) is 18.4 Å². The Morgan fingerprint density at radius 2 is 1.89 bits per heavy atom. The number of aromatic nitrogens is 1. The van der Waals surface area contributed by atoms with Crippen molar-refractivity contribution in [3.05, 3.63) is 42.1 Å². The van der Waals surface area contributed by atoms with Crippen LogP contribution < -0.4 is 5.32 Å². The van der Waals surface area contributed by atoms with Gasteiger partial charge in [-0.15, -0.1) is 0 Å². The van der Waals surface area contributed by atoms with Crippen molar-refractivity contribution >= 4 is 12.0 Å². The van der Waals surface area contributed by atoms with Gasteiger partial charge in [0.05, 0.1) is 0 Å². The second kappa shape index (κ2) is 8.46. The summed E-state index contributed by atoms with van der Waals surface area (Å²) in [6.45, 7) is 7.33. The number of alkyl carbamates (subject to hydrolysis) is 1. The van der Waals surface area contributed by atoms with E-state index in [4.69, 9.17) is 9.26 Å². The number of hydrogen-bond donors (Lipinski definition) is 1. The van der Waals surface area contributed by atoms with Crippen molar-refractivity contribution in [2.24, 2.45) is 5.92 Å². The highest BCUT2D eigenvalue weighted by molar-refractivity contribution is 5.93. The van der Waals surface area contributed by atoms with Gasteiger partial charge in [0.15, 0.2) is 11.5 Å². The Labute approximate surface area is 165 Å². The minimum atomic E-state index is -0.504. The molecule has 1 fully saturated rings. The van der Waals surface area contributed by atoms with Crippen molar-refractivity contribution in [1.82, 2.24) is 15.4 Å². The van der Waals surface area contributed by atoms with Gasteiger partial charge in [-0.2, -0.15) is 0 Å². The van der Waals surface area contributed by atoms with Crippen molar-refractivity contribution in [2.75, 3.05) is 19.6 Å². The quantitative estimate of drug-likeness (QED) is 0.867. The number of piperidine rings is 1. The Morgan fingerprint density at radius 1 is 1.21 bits per heavy atom. The Hall–Kier alpha value is -2.83. The first-order chi connectivity index (χ1) is 13.3. The third-order valence-electron chi connectivity index (χ3n) is 4.62. The van der Waals surface area contributed by atoms with Crippen molar-refractivity contribution in [3.63, 3.8) is 0 Å². The molecule has 1 aromatic heterocycles. The first-order valence-corrected chi connectivity index (χ1v) is 9.60. The predicted molar refractivity (Wildman–Crippen MR) is 105 cm³/mol. The van der Waals surface area contributed by atoms with Crippen molar-refractivity contribution in [1.29, 1.82) is 0 Å². The summed E-state index contributed by atoms with van der Waals surface area (Å²) in [6.07, 6.45) is 1.25. The molecule has 1 aliphatic heterocycles. The predicted octanol–water partition coefficient (Wildman–Crippen LogP) is 3.72. The van der Waals surface area contributed by atoms with Gasteiger partial charge in [-0.1, -0.05) is 35.5 Å². The van der Waals surface area contributed by atoms with Crippen LogP contribution in [0.1, 0.15) is 44.1 Å². The number of carbonyl (C=O) groups is 2. The minimum Gasteiger partial charge on any atom is -0.444 e. The third kappa shape index (κ3) is 5.34. The van der Waals surface area contributed by atoms with Crippen molar-refractivity contribution in [2.45, 2.75) is 39.2 Å². The SMILES string of the molecule is CC(C)(C)OC(=O)NCC1CCN(C(=O)c2cc(-c3ccccc3)on2)CC1. The Kier molecular flexibility index (Phi) is 6.02. The molecule has 0 atom stereocenters. The molecule has 1 aliphatic rings. The monoisotopic (exact) mass is 385 g/mol. The molecule has 2 amide bonds. The average molecular weight is 385 g/mol. The van der Waals surface area contributed by atoms with Crippen LogP contribution in [0.25, 0.3) is 11.3 Å². The molecular formula is C21H27N3O4. The molecule has 0 spiro atoms. The number of likely N-dealkylation sites (tertiary alicyclic amines) is 1. The lowest BCUT2D eigenvalue weighted by Crippen LogP contribution is -2.42. The number of ether oxygens (including phenoxy) is 1. The molecule has 2 heterocycles. The van der Waals surface area contributed by atoms with E-state index < -0.39 is 11.7 Å². The number of nitrogens with one attached hydrogen (secondary N) is 1. The van der Waals surface area contributed by atoms with Crippen LogP contribution in [0.4, 0.5) is 4.79 Å². The molecule has 28 heavy (non-hydrogen) atoms. The summed E-state index contributed by atoms with van der Waals surface area (Å²) >= 11 is 0. The zero-order valence-corrected chi connectivity index (χ0v) is 16.6. The Balaban J connectivity index is 1.48. The number of benzene rings is 1. The van der Waals surface area contributed by atoms with Crippen LogP contribution in [-0.4, -0.2) is 47.3 Å². The lowest BCUT2D eigenvalue weighted by Gasteiger charge is -2.31. The highest BCUT2D eigenvalue weighted by atomic mass is 16.6. The molecule has 1 saturated heterocycles. The molecule has 1 N–H and O–H groups in total. The molecule has 150 valence electrons. The number of rotatable bonds is 4. The smallest absolute Gasteiger partial charge is 0.407 e. The molecule has 3 rings (SSSR count). The first kappa shape index (κ1) is 19.9. The summed E-state index contributed by atoms with van der Waals surface area (Å²) in [4.78, 5) is 26.2. The van der Waals surface area contributed by atoms with Crippen LogP contribution in [0.2, 0.25) is 0 Å². The topological polar surface area (TPSA) is 84.7 Å². The van der Waals surface area contributed by atoms with Gasteiger partial charge in [-0.05, 0) is 39.5 Å². The maximum absolute atomic E-state index is 12.7. The molecule has 0 aliphatic carbocycles. The van der Waals surface area contributed by atoms with Crippen molar-refractivity contribution in [3.8, 4) is 11.3 Å². The molecule has 7 nitrogen and oxygen atoms in total. The molecule has 0 unspecified atom stereocenters. The molecule has 7 heteroatoms. The van der Waals surface area contributed by atoms with Gasteiger partial charge >= 0.3 is 6.09 Å². The maximum Gasteiger partial charge on any atom is 0.407 e. The highest BCUT2D eigenvalue weighted by Gasteiger charge is 2.26. The average Bonchev–Trinajstić information content (AvgIpc) is 3.16. The molecule has 0 bridgehead atoms. The second-order valence-electron chi connectivity index (χ2n) is 8.06. The van der Waals surface area contributed by atoms with E-state index in [0.29, 0.717) is 37.0 Å². The highest BCUT2D eigenvalue weighted by Crippen LogP contribution is 2.22. The lowest BCUT2D eigenvalue weighted by atomic mass is 9.96. The summed E-state index contributed by atoms with van der Waals surface area (Å²) in [5.41, 5.74) is 0.709. The summed E-state index contributed by atoms with van der Waals surface area (Å²) in [5, 5.41) is 6.75. The van der Waals surface area contributed by atoms with E-state index in [1.165, 1.54) is 0 Å². The fourth-order valence-electron chi connectivity index (χ4n) is 3.16. The van der Waals surface area contributed by atoms with Gasteiger partial charge in [0.25, 0.3) is 5.91 Å². The van der Waals surface area contributed by atoms with Gasteiger partial charge in [0, 0.05) is 31.3 Å². The van der Waals surface area contributed by atoms with Crippen LogP contribution >= 0.6 is 0 Å². The van der Waals surface area contributed by atoms with Gasteiger partial charge in [0.1, 0.15) is 5.60 Å². The van der Waals surface area contributed by atoms with E-state index >= 15 is 0 Å². The van der Waals surface area contributed by atoms with E-state index in [9.17, 15) is 9.59 Å². The Morgan fingerprint density at radius 3 is 2.54 bits per heavy atom. The number of hydrogen-bond acceptors (Lipinski definition) is 5. The maximum atomic E-state index is 12.7. The molecule has 0 radical (unpaired) electrons. The fraction of sp³-hybridized carbons (Fsp3) is 0.476. The summed E-state index contributed by atoms with van der Waals surface area (Å²) in [5.74, 6) is 0.790. The van der Waals surface area contributed by atoms with E-state index in [1.54, 1.807) is 11.0 Å². The lowest BCUT2D eigenvalue weighted by molar-refractivity contribution is 0.0499. The van der Waals surface area contributed by atoms with E-state index in [-0.39, 0.29) is 5.91 Å². The standard InChI is InChI=1S/C21H27N3O4/c1-21(2,3)27-20(26)22-14-15-9-11-24(12-10-15)19(25)17-13-18(28-23-17)16-7-5-4-6-8-16/h4-8,13,15H,9-12,14H2,1-3H3,(H,22,26). The van der Waals surface area contributed by atoms with Crippen LogP contribution in [0.15, 0.2) is 40.9 Å². The summed E-state index contributed by atoms with van der Waals surface area (Å²) in [6, 6.07) is 11.3. The van der Waals surface area contributed by atoms with Gasteiger partial charge in [-0.3, -0.25) is 4.79 Å². The minimum absolute atomic E-state index is 0.121. The summed E-state index contributed by atoms with van der Waals surface area (Å²) < 4.78 is 10.6. The third-order valence-corrected chi connectivity index (χ3v) is 4.62. The van der Waals surface area contributed by atoms with Gasteiger partial charge in [-0.25, -0.2) is 4.79 Å². The summed E-state index contributed by atoms with van der Waals surface area (Å²) in [7, 11) is 0. The molecule has 2 aromatic rings.